The first kappa shape index (κ1) is 17.2. The van der Waals surface area contributed by atoms with Crippen molar-refractivity contribution in [3.05, 3.63) is 35.4 Å². The standard InChI is InChI=1S/C14H19NO5S/c1-3-21(19,20)9-10(2)15-13(16)8-11-6-4-5-7-12(11)14(17)18/h4-7,10H,3,8-9H2,1-2H3,(H,15,16)(H,17,18). The van der Waals surface area contributed by atoms with E-state index in [-0.39, 0.29) is 23.5 Å². The molecule has 7 heteroatoms. The quantitative estimate of drug-likeness (QED) is 0.778. The highest BCUT2D eigenvalue weighted by Gasteiger charge is 2.17. The highest BCUT2D eigenvalue weighted by molar-refractivity contribution is 7.91. The Balaban J connectivity index is 2.69. The maximum Gasteiger partial charge on any atom is 0.335 e. The molecule has 0 saturated carbocycles. The van der Waals surface area contributed by atoms with Crippen molar-refractivity contribution >= 4 is 21.7 Å². The average Bonchev–Trinajstić information content (AvgIpc) is 2.38. The van der Waals surface area contributed by atoms with Gasteiger partial charge in [0.15, 0.2) is 9.84 Å². The van der Waals surface area contributed by atoms with Gasteiger partial charge in [0, 0.05) is 11.8 Å². The number of amides is 1. The summed E-state index contributed by atoms with van der Waals surface area (Å²) in [4.78, 5) is 22.9. The van der Waals surface area contributed by atoms with Crippen LogP contribution in [0, 0.1) is 0 Å². The number of nitrogens with one attached hydrogen (secondary N) is 1. The van der Waals surface area contributed by atoms with Crippen LogP contribution in [0.1, 0.15) is 29.8 Å². The molecule has 1 amide bonds. The van der Waals surface area contributed by atoms with Crippen molar-refractivity contribution in [2.24, 2.45) is 0 Å². The third kappa shape index (κ3) is 5.55. The van der Waals surface area contributed by atoms with Crippen LogP contribution in [0.3, 0.4) is 0 Å². The number of aromatic carboxylic acids is 1. The lowest BCUT2D eigenvalue weighted by atomic mass is 10.0. The van der Waals surface area contributed by atoms with Crippen LogP contribution in [-0.2, 0) is 21.1 Å². The Morgan fingerprint density at radius 2 is 1.90 bits per heavy atom. The van der Waals surface area contributed by atoms with E-state index in [0.29, 0.717) is 5.56 Å². The lowest BCUT2D eigenvalue weighted by molar-refractivity contribution is -0.120. The largest absolute Gasteiger partial charge is 0.478 e. The minimum Gasteiger partial charge on any atom is -0.478 e. The van der Waals surface area contributed by atoms with E-state index in [9.17, 15) is 18.0 Å². The predicted octanol–water partition coefficient (Wildman–Crippen LogP) is 0.867. The number of benzene rings is 1. The first-order valence-electron chi connectivity index (χ1n) is 6.56. The minimum atomic E-state index is -3.17. The molecule has 0 radical (unpaired) electrons. The topological polar surface area (TPSA) is 101 Å². The highest BCUT2D eigenvalue weighted by atomic mass is 32.2. The number of hydrogen-bond donors (Lipinski definition) is 2. The van der Waals surface area contributed by atoms with Crippen molar-refractivity contribution in [1.82, 2.24) is 5.32 Å². The van der Waals surface area contributed by atoms with E-state index >= 15 is 0 Å². The summed E-state index contributed by atoms with van der Waals surface area (Å²) in [7, 11) is -3.17. The summed E-state index contributed by atoms with van der Waals surface area (Å²) in [5.74, 6) is -1.60. The van der Waals surface area contributed by atoms with E-state index in [0.717, 1.165) is 0 Å². The zero-order valence-corrected chi connectivity index (χ0v) is 12.8. The average molecular weight is 313 g/mol. The van der Waals surface area contributed by atoms with Crippen LogP contribution in [0.2, 0.25) is 0 Å². The molecule has 0 aromatic heterocycles. The monoisotopic (exact) mass is 313 g/mol. The zero-order chi connectivity index (χ0) is 16.0. The van der Waals surface area contributed by atoms with Crippen LogP contribution in [0.5, 0.6) is 0 Å². The smallest absolute Gasteiger partial charge is 0.335 e. The Hall–Kier alpha value is -1.89. The van der Waals surface area contributed by atoms with Crippen molar-refractivity contribution in [1.29, 1.82) is 0 Å². The molecule has 0 saturated heterocycles. The molecule has 0 bridgehead atoms. The van der Waals surface area contributed by atoms with Crippen LogP contribution in [0.15, 0.2) is 24.3 Å². The zero-order valence-electron chi connectivity index (χ0n) is 12.0. The summed E-state index contributed by atoms with van der Waals surface area (Å²) in [6.07, 6.45) is -0.0982. The Labute approximate surface area is 124 Å². The summed E-state index contributed by atoms with van der Waals surface area (Å²) in [5, 5.41) is 11.6. The van der Waals surface area contributed by atoms with Crippen molar-refractivity contribution in [2.45, 2.75) is 26.3 Å². The number of carbonyl (C=O) groups excluding carboxylic acids is 1. The molecule has 1 unspecified atom stereocenters. The molecule has 0 aliphatic heterocycles. The molecule has 2 N–H and O–H groups in total. The number of rotatable bonds is 7. The third-order valence-electron chi connectivity index (χ3n) is 2.95. The van der Waals surface area contributed by atoms with Crippen LogP contribution >= 0.6 is 0 Å². The van der Waals surface area contributed by atoms with E-state index in [1.54, 1.807) is 32.0 Å². The van der Waals surface area contributed by atoms with E-state index < -0.39 is 27.8 Å². The molecule has 0 aliphatic rings. The number of carbonyl (C=O) groups is 2. The van der Waals surface area contributed by atoms with Gasteiger partial charge in [-0.1, -0.05) is 25.1 Å². The Morgan fingerprint density at radius 3 is 2.48 bits per heavy atom. The van der Waals surface area contributed by atoms with Gasteiger partial charge in [0.05, 0.1) is 17.7 Å². The Kier molecular flexibility index (Phi) is 5.90. The molecule has 6 nitrogen and oxygen atoms in total. The van der Waals surface area contributed by atoms with Gasteiger partial charge in [-0.15, -0.1) is 0 Å². The molecule has 1 atom stereocenters. The lowest BCUT2D eigenvalue weighted by Gasteiger charge is -2.14. The fourth-order valence-corrected chi connectivity index (χ4v) is 3.00. The molecular weight excluding hydrogens is 294 g/mol. The highest BCUT2D eigenvalue weighted by Crippen LogP contribution is 2.09. The summed E-state index contributed by atoms with van der Waals surface area (Å²) in [6, 6.07) is 5.72. The Bertz CT molecular complexity index is 624. The van der Waals surface area contributed by atoms with Gasteiger partial charge in [-0.2, -0.15) is 0 Å². The van der Waals surface area contributed by atoms with Crippen LogP contribution in [0.25, 0.3) is 0 Å². The number of sulfone groups is 1. The van der Waals surface area contributed by atoms with Gasteiger partial charge in [-0.05, 0) is 18.6 Å². The molecule has 0 aliphatic carbocycles. The summed E-state index contributed by atoms with van der Waals surface area (Å²) in [5.41, 5.74) is 0.467. The maximum atomic E-state index is 11.9. The SMILES string of the molecule is CCS(=O)(=O)CC(C)NC(=O)Cc1ccccc1C(=O)O. The minimum absolute atomic E-state index is 0.0229. The Morgan fingerprint density at radius 1 is 1.29 bits per heavy atom. The van der Waals surface area contributed by atoms with Crippen LogP contribution in [-0.4, -0.2) is 42.9 Å². The second kappa shape index (κ2) is 7.21. The first-order chi connectivity index (χ1) is 9.75. The number of carboxylic acid groups (broad SMARTS) is 1. The molecule has 0 heterocycles. The van der Waals surface area contributed by atoms with E-state index in [4.69, 9.17) is 5.11 Å². The second-order valence-electron chi connectivity index (χ2n) is 4.81. The van der Waals surface area contributed by atoms with Crippen molar-refractivity contribution in [3.8, 4) is 0 Å². The van der Waals surface area contributed by atoms with E-state index in [1.807, 2.05) is 0 Å². The van der Waals surface area contributed by atoms with Crippen LogP contribution < -0.4 is 5.32 Å². The normalized spacial score (nSPS) is 12.7. The molecule has 1 aromatic rings. The van der Waals surface area contributed by atoms with Gasteiger partial charge < -0.3 is 10.4 Å². The second-order valence-corrected chi connectivity index (χ2v) is 7.20. The third-order valence-corrected chi connectivity index (χ3v) is 4.84. The van der Waals surface area contributed by atoms with E-state index in [1.165, 1.54) is 6.07 Å². The van der Waals surface area contributed by atoms with Crippen molar-refractivity contribution in [3.63, 3.8) is 0 Å². The maximum absolute atomic E-state index is 11.9. The van der Waals surface area contributed by atoms with Gasteiger partial charge in [-0.3, -0.25) is 4.79 Å². The summed E-state index contributed by atoms with van der Waals surface area (Å²) in [6.45, 7) is 3.15. The first-order valence-corrected chi connectivity index (χ1v) is 8.38. The van der Waals surface area contributed by atoms with Gasteiger partial charge >= 0.3 is 5.97 Å². The molecule has 21 heavy (non-hydrogen) atoms. The molecule has 1 rings (SSSR count). The lowest BCUT2D eigenvalue weighted by Crippen LogP contribution is -2.38. The fourth-order valence-electron chi connectivity index (χ4n) is 1.92. The predicted molar refractivity (Wildman–Crippen MR) is 79.0 cm³/mol. The molecule has 0 spiro atoms. The summed E-state index contributed by atoms with van der Waals surface area (Å²) < 4.78 is 22.9. The molecular formula is C14H19NO5S. The fraction of sp³-hybridized carbons (Fsp3) is 0.429. The van der Waals surface area contributed by atoms with Gasteiger partial charge in [0.1, 0.15) is 0 Å². The van der Waals surface area contributed by atoms with Crippen molar-refractivity contribution < 1.29 is 23.1 Å². The van der Waals surface area contributed by atoms with Gasteiger partial charge in [0.2, 0.25) is 5.91 Å². The van der Waals surface area contributed by atoms with Gasteiger partial charge in [0.25, 0.3) is 0 Å². The molecule has 1 aromatic carbocycles. The summed E-state index contributed by atoms with van der Waals surface area (Å²) >= 11 is 0. The number of hydrogen-bond acceptors (Lipinski definition) is 4. The molecule has 0 fully saturated rings. The van der Waals surface area contributed by atoms with Crippen LogP contribution in [0.4, 0.5) is 0 Å². The molecule has 116 valence electrons. The van der Waals surface area contributed by atoms with Gasteiger partial charge in [-0.25, -0.2) is 13.2 Å². The van der Waals surface area contributed by atoms with Crippen molar-refractivity contribution in [2.75, 3.05) is 11.5 Å². The number of carboxylic acids is 1. The van der Waals surface area contributed by atoms with E-state index in [2.05, 4.69) is 5.32 Å².